The Hall–Kier alpha value is -1.77. The van der Waals surface area contributed by atoms with E-state index in [1.807, 2.05) is 37.3 Å². The van der Waals surface area contributed by atoms with Crippen LogP contribution >= 0.6 is 0 Å². The van der Waals surface area contributed by atoms with Gasteiger partial charge in [0.25, 0.3) is 0 Å². The second-order valence-electron chi connectivity index (χ2n) is 3.43. The Kier molecular flexibility index (Phi) is 5.12. The minimum Gasteiger partial charge on any atom is -0.392 e. The van der Waals surface area contributed by atoms with E-state index in [4.69, 9.17) is 10.6 Å². The van der Waals surface area contributed by atoms with E-state index in [-0.39, 0.29) is 6.61 Å². The Bertz CT molecular complexity index is 420. The molecule has 16 heavy (non-hydrogen) atoms. The van der Waals surface area contributed by atoms with E-state index in [9.17, 15) is 0 Å². The molecule has 4 nitrogen and oxygen atoms in total. The molecule has 1 aromatic carbocycles. The molecule has 1 rings (SSSR count). The van der Waals surface area contributed by atoms with Crippen molar-refractivity contribution >= 4 is 6.08 Å². The Balaban J connectivity index is 2.69. The molecule has 1 aromatic rings. The second-order valence-corrected chi connectivity index (χ2v) is 3.43. The number of aliphatic hydroxyl groups is 1. The fraction of sp³-hybridized carbons (Fsp3) is 0.333. The Labute approximate surface area is 94.9 Å². The van der Waals surface area contributed by atoms with Crippen molar-refractivity contribution in [3.05, 3.63) is 51.4 Å². The maximum absolute atomic E-state index is 9.11. The van der Waals surface area contributed by atoms with E-state index in [1.54, 1.807) is 0 Å². The molecule has 0 aromatic heterocycles. The molecular formula is C12H15N3O. The molecule has 0 aliphatic heterocycles. The highest BCUT2D eigenvalue weighted by Gasteiger charge is 1.99. The van der Waals surface area contributed by atoms with Crippen molar-refractivity contribution in [2.75, 3.05) is 6.54 Å². The van der Waals surface area contributed by atoms with Crippen LogP contribution in [0.1, 0.15) is 23.1 Å². The smallest absolute Gasteiger partial charge is 0.0684 e. The average molecular weight is 217 g/mol. The molecule has 0 atom stereocenters. The number of hydrogen-bond acceptors (Lipinski definition) is 2. The predicted octanol–water partition coefficient (Wildman–Crippen LogP) is 3.20. The summed E-state index contributed by atoms with van der Waals surface area (Å²) < 4.78 is 0. The van der Waals surface area contributed by atoms with E-state index < -0.39 is 0 Å². The van der Waals surface area contributed by atoms with Crippen molar-refractivity contribution in [1.29, 1.82) is 0 Å². The fourth-order valence-electron chi connectivity index (χ4n) is 1.44. The van der Waals surface area contributed by atoms with Gasteiger partial charge in [0, 0.05) is 11.5 Å². The molecule has 0 saturated carbocycles. The molecule has 84 valence electrons. The molecule has 0 bridgehead atoms. The monoisotopic (exact) mass is 217 g/mol. The fourth-order valence-corrected chi connectivity index (χ4v) is 1.44. The van der Waals surface area contributed by atoms with Crippen LogP contribution in [0.15, 0.2) is 29.4 Å². The third-order valence-electron chi connectivity index (χ3n) is 2.41. The van der Waals surface area contributed by atoms with Crippen LogP contribution in [-0.2, 0) is 6.61 Å². The van der Waals surface area contributed by atoms with Crippen molar-refractivity contribution in [2.24, 2.45) is 5.11 Å². The lowest BCUT2D eigenvalue weighted by molar-refractivity contribution is 0.281. The highest BCUT2D eigenvalue weighted by atomic mass is 16.3. The third kappa shape index (κ3) is 3.42. The van der Waals surface area contributed by atoms with Crippen LogP contribution in [0, 0.1) is 6.92 Å². The van der Waals surface area contributed by atoms with Gasteiger partial charge < -0.3 is 5.11 Å². The third-order valence-corrected chi connectivity index (χ3v) is 2.41. The molecular weight excluding hydrogens is 202 g/mol. The molecule has 1 N–H and O–H groups in total. The highest BCUT2D eigenvalue weighted by Crippen LogP contribution is 2.15. The Morgan fingerprint density at radius 1 is 1.50 bits per heavy atom. The first-order valence-electron chi connectivity index (χ1n) is 5.16. The lowest BCUT2D eigenvalue weighted by atomic mass is 10.0. The van der Waals surface area contributed by atoms with E-state index in [2.05, 4.69) is 10.0 Å². The minimum atomic E-state index is 0.0617. The zero-order valence-electron chi connectivity index (χ0n) is 9.30. The standard InChI is InChI=1S/C12H15N3O/c1-10-11(5-2-3-8-14-15-13)6-4-7-12(10)9-16/h2,4-7,16H,3,8-9H2,1H3. The normalized spacial score (nSPS) is 10.4. The summed E-state index contributed by atoms with van der Waals surface area (Å²) >= 11 is 0. The predicted molar refractivity (Wildman–Crippen MR) is 64.8 cm³/mol. The van der Waals surface area contributed by atoms with Crippen molar-refractivity contribution in [1.82, 2.24) is 0 Å². The molecule has 0 aliphatic carbocycles. The lowest BCUT2D eigenvalue weighted by Gasteiger charge is -2.05. The van der Waals surface area contributed by atoms with Crippen LogP contribution in [0.4, 0.5) is 0 Å². The van der Waals surface area contributed by atoms with Gasteiger partial charge in [-0.15, -0.1) is 0 Å². The number of benzene rings is 1. The lowest BCUT2D eigenvalue weighted by Crippen LogP contribution is -1.90. The van der Waals surface area contributed by atoms with Crippen LogP contribution in [0.2, 0.25) is 0 Å². The largest absolute Gasteiger partial charge is 0.392 e. The van der Waals surface area contributed by atoms with Gasteiger partial charge in [-0.1, -0.05) is 35.5 Å². The van der Waals surface area contributed by atoms with Gasteiger partial charge in [-0.05, 0) is 35.6 Å². The first-order valence-corrected chi connectivity index (χ1v) is 5.16. The van der Waals surface area contributed by atoms with Crippen LogP contribution in [0.5, 0.6) is 0 Å². The molecule has 0 unspecified atom stereocenters. The van der Waals surface area contributed by atoms with Gasteiger partial charge in [0.1, 0.15) is 0 Å². The topological polar surface area (TPSA) is 69.0 Å². The SMILES string of the molecule is Cc1c(C=CCCN=[N+]=[N-])cccc1CO. The summed E-state index contributed by atoms with van der Waals surface area (Å²) in [6, 6.07) is 5.83. The Morgan fingerprint density at radius 2 is 2.31 bits per heavy atom. The van der Waals surface area contributed by atoms with Gasteiger partial charge in [0.05, 0.1) is 6.61 Å². The molecule has 0 spiro atoms. The van der Waals surface area contributed by atoms with Crippen LogP contribution < -0.4 is 0 Å². The molecule has 4 heteroatoms. The summed E-state index contributed by atoms with van der Waals surface area (Å²) in [6.07, 6.45) is 4.69. The van der Waals surface area contributed by atoms with Gasteiger partial charge in [-0.3, -0.25) is 0 Å². The molecule has 0 heterocycles. The van der Waals surface area contributed by atoms with E-state index >= 15 is 0 Å². The minimum absolute atomic E-state index is 0.0617. The van der Waals surface area contributed by atoms with E-state index in [1.165, 1.54) is 0 Å². The number of rotatable bonds is 5. The molecule has 0 aliphatic rings. The molecule has 0 saturated heterocycles. The first-order chi connectivity index (χ1) is 7.79. The summed E-state index contributed by atoms with van der Waals surface area (Å²) in [5, 5.41) is 12.6. The van der Waals surface area contributed by atoms with Crippen molar-refractivity contribution in [3.63, 3.8) is 0 Å². The summed E-state index contributed by atoms with van der Waals surface area (Å²) in [4.78, 5) is 2.68. The van der Waals surface area contributed by atoms with Gasteiger partial charge in [0.2, 0.25) is 0 Å². The van der Waals surface area contributed by atoms with Gasteiger partial charge >= 0.3 is 0 Å². The van der Waals surface area contributed by atoms with Gasteiger partial charge in [-0.2, -0.15) is 0 Å². The first kappa shape index (κ1) is 12.3. The second kappa shape index (κ2) is 6.67. The van der Waals surface area contributed by atoms with Crippen molar-refractivity contribution < 1.29 is 5.11 Å². The summed E-state index contributed by atoms with van der Waals surface area (Å²) in [5.74, 6) is 0. The summed E-state index contributed by atoms with van der Waals surface area (Å²) in [7, 11) is 0. The maximum Gasteiger partial charge on any atom is 0.0684 e. The number of nitrogens with zero attached hydrogens (tertiary/aromatic N) is 3. The number of hydrogen-bond donors (Lipinski definition) is 1. The zero-order chi connectivity index (χ0) is 11.8. The quantitative estimate of drug-likeness (QED) is 0.350. The van der Waals surface area contributed by atoms with E-state index in [0.717, 1.165) is 23.1 Å². The molecule has 0 fully saturated rings. The van der Waals surface area contributed by atoms with Crippen LogP contribution in [-0.4, -0.2) is 11.7 Å². The number of aliphatic hydroxyl groups excluding tert-OH is 1. The van der Waals surface area contributed by atoms with Crippen LogP contribution in [0.3, 0.4) is 0 Å². The summed E-state index contributed by atoms with van der Waals surface area (Å²) in [6.45, 7) is 2.52. The van der Waals surface area contributed by atoms with E-state index in [0.29, 0.717) is 6.54 Å². The Morgan fingerprint density at radius 3 is 3.00 bits per heavy atom. The average Bonchev–Trinajstić information content (AvgIpc) is 2.31. The van der Waals surface area contributed by atoms with Gasteiger partial charge in [-0.25, -0.2) is 0 Å². The van der Waals surface area contributed by atoms with Gasteiger partial charge in [0.15, 0.2) is 0 Å². The molecule has 0 amide bonds. The van der Waals surface area contributed by atoms with Crippen LogP contribution in [0.25, 0.3) is 16.5 Å². The van der Waals surface area contributed by atoms with Crippen molar-refractivity contribution in [2.45, 2.75) is 20.0 Å². The summed E-state index contributed by atoms with van der Waals surface area (Å²) in [5.41, 5.74) is 11.2. The highest BCUT2D eigenvalue weighted by molar-refractivity contribution is 5.55. The maximum atomic E-state index is 9.11. The number of azide groups is 1. The molecule has 0 radical (unpaired) electrons. The zero-order valence-corrected chi connectivity index (χ0v) is 9.30. The van der Waals surface area contributed by atoms with Crippen molar-refractivity contribution in [3.8, 4) is 0 Å².